The van der Waals surface area contributed by atoms with Crippen LogP contribution < -0.4 is 4.74 Å². The number of rotatable bonds is 7. The summed E-state index contributed by atoms with van der Waals surface area (Å²) in [7, 11) is 0. The van der Waals surface area contributed by atoms with Crippen molar-refractivity contribution in [3.8, 4) is 17.0 Å². The molecule has 1 N–H and O–H groups in total. The molecule has 0 aliphatic heterocycles. The summed E-state index contributed by atoms with van der Waals surface area (Å²) in [6.45, 7) is 1.55. The lowest BCUT2D eigenvalue weighted by molar-refractivity contribution is -0.139. The Hall–Kier alpha value is -2.15. The predicted octanol–water partition coefficient (Wildman–Crippen LogP) is 6.20. The Kier molecular flexibility index (Phi) is 6.27. The normalized spacial score (nSPS) is 12.8. The van der Waals surface area contributed by atoms with Crippen molar-refractivity contribution < 1.29 is 19.2 Å². The molecule has 0 saturated carbocycles. The third-order valence-corrected chi connectivity index (χ3v) is 6.86. The van der Waals surface area contributed by atoms with Gasteiger partial charge in [0, 0.05) is 21.8 Å². The molecule has 0 atom stereocenters. The summed E-state index contributed by atoms with van der Waals surface area (Å²) in [5, 5.41) is 14.2. The van der Waals surface area contributed by atoms with E-state index in [0.717, 1.165) is 41.0 Å². The second-order valence-corrected chi connectivity index (χ2v) is 8.84. The molecule has 2 aromatic carbocycles. The van der Waals surface area contributed by atoms with E-state index in [9.17, 15) is 4.79 Å². The maximum atomic E-state index is 10.8. The van der Waals surface area contributed by atoms with Crippen LogP contribution >= 0.6 is 35.0 Å². The zero-order chi connectivity index (χ0) is 21.3. The van der Waals surface area contributed by atoms with E-state index in [2.05, 4.69) is 5.16 Å². The van der Waals surface area contributed by atoms with Crippen LogP contribution in [-0.2, 0) is 23.4 Å². The number of carbonyl (C=O) groups is 1. The quantitative estimate of drug-likeness (QED) is 0.420. The van der Waals surface area contributed by atoms with Gasteiger partial charge < -0.3 is 14.4 Å². The number of hydrogen-bond donors (Lipinski definition) is 1. The third kappa shape index (κ3) is 4.17. The molecule has 3 aromatic rings. The van der Waals surface area contributed by atoms with Crippen LogP contribution in [0.4, 0.5) is 0 Å². The number of halogens is 2. The number of aryl methyl sites for hydroxylation is 1. The fraction of sp³-hybridized carbons (Fsp3) is 0.273. The molecule has 30 heavy (non-hydrogen) atoms. The molecule has 156 valence electrons. The van der Waals surface area contributed by atoms with E-state index in [1.165, 1.54) is 5.56 Å². The molecule has 1 aliphatic rings. The van der Waals surface area contributed by atoms with Crippen LogP contribution in [0.15, 0.2) is 39.8 Å². The Labute approximate surface area is 188 Å². The van der Waals surface area contributed by atoms with E-state index in [1.54, 1.807) is 30.0 Å². The molecule has 0 bridgehead atoms. The SMILES string of the molecule is Cc1onc(-c2c(Cl)cccc2Cl)c1CSc1ccc(OCC(=O)O)c2c1CCC2. The Balaban J connectivity index is 1.60. The van der Waals surface area contributed by atoms with Crippen molar-refractivity contribution in [2.45, 2.75) is 36.8 Å². The van der Waals surface area contributed by atoms with Gasteiger partial charge in [-0.05, 0) is 61.6 Å². The summed E-state index contributed by atoms with van der Waals surface area (Å²) in [5.41, 5.74) is 4.63. The second-order valence-electron chi connectivity index (χ2n) is 7.01. The van der Waals surface area contributed by atoms with Crippen LogP contribution in [-0.4, -0.2) is 22.8 Å². The Bertz CT molecular complexity index is 1090. The van der Waals surface area contributed by atoms with Crippen molar-refractivity contribution in [1.29, 1.82) is 0 Å². The fourth-order valence-electron chi connectivity index (χ4n) is 3.68. The van der Waals surface area contributed by atoms with Crippen LogP contribution in [0.1, 0.15) is 28.9 Å². The summed E-state index contributed by atoms with van der Waals surface area (Å²) in [4.78, 5) is 12.0. The van der Waals surface area contributed by atoms with Gasteiger partial charge in [0.05, 0.1) is 10.0 Å². The first-order valence-electron chi connectivity index (χ1n) is 9.47. The minimum absolute atomic E-state index is 0.333. The van der Waals surface area contributed by atoms with E-state index in [4.69, 9.17) is 37.6 Å². The molecular weight excluding hydrogens is 445 g/mol. The number of ether oxygens (including phenoxy) is 1. The summed E-state index contributed by atoms with van der Waals surface area (Å²) >= 11 is 14.5. The maximum Gasteiger partial charge on any atom is 0.341 e. The van der Waals surface area contributed by atoms with Gasteiger partial charge in [0.25, 0.3) is 0 Å². The molecule has 0 fully saturated rings. The molecule has 1 heterocycles. The van der Waals surface area contributed by atoms with Gasteiger partial charge in [0.1, 0.15) is 17.2 Å². The number of benzene rings is 2. The number of hydrogen-bond acceptors (Lipinski definition) is 5. The Morgan fingerprint density at radius 2 is 1.93 bits per heavy atom. The number of aromatic nitrogens is 1. The highest BCUT2D eigenvalue weighted by Crippen LogP contribution is 2.42. The highest BCUT2D eigenvalue weighted by molar-refractivity contribution is 7.98. The standard InChI is InChI=1S/C22H19Cl2NO4S/c1-12-15(22(25-29-12)21-16(23)6-3-7-17(21)24)11-30-19-9-8-18(28-10-20(26)27)13-4-2-5-14(13)19/h3,6-9H,2,4-5,10-11H2,1H3,(H,26,27). The van der Waals surface area contributed by atoms with Gasteiger partial charge in [0.2, 0.25) is 0 Å². The first-order valence-corrected chi connectivity index (χ1v) is 11.2. The van der Waals surface area contributed by atoms with Gasteiger partial charge >= 0.3 is 5.97 Å². The minimum Gasteiger partial charge on any atom is -0.482 e. The lowest BCUT2D eigenvalue weighted by atomic mass is 10.1. The van der Waals surface area contributed by atoms with E-state index < -0.39 is 5.97 Å². The summed E-state index contributed by atoms with van der Waals surface area (Å²) < 4.78 is 10.9. The van der Waals surface area contributed by atoms with Crippen molar-refractivity contribution in [2.75, 3.05) is 6.61 Å². The van der Waals surface area contributed by atoms with Gasteiger partial charge in [-0.2, -0.15) is 0 Å². The molecule has 0 amide bonds. The van der Waals surface area contributed by atoms with E-state index in [1.807, 2.05) is 19.1 Å². The lowest BCUT2D eigenvalue weighted by Gasteiger charge is -2.13. The van der Waals surface area contributed by atoms with Gasteiger partial charge in [-0.3, -0.25) is 0 Å². The Morgan fingerprint density at radius 1 is 1.20 bits per heavy atom. The minimum atomic E-state index is -0.978. The molecule has 1 aliphatic carbocycles. The van der Waals surface area contributed by atoms with Crippen molar-refractivity contribution >= 4 is 40.9 Å². The molecule has 0 saturated heterocycles. The first-order chi connectivity index (χ1) is 14.5. The summed E-state index contributed by atoms with van der Waals surface area (Å²) in [6.07, 6.45) is 2.88. The Morgan fingerprint density at radius 3 is 2.67 bits per heavy atom. The average Bonchev–Trinajstić information content (AvgIpc) is 3.33. The van der Waals surface area contributed by atoms with Gasteiger partial charge in [0.15, 0.2) is 6.61 Å². The van der Waals surface area contributed by atoms with E-state index >= 15 is 0 Å². The molecule has 5 nitrogen and oxygen atoms in total. The summed E-state index contributed by atoms with van der Waals surface area (Å²) in [6, 6.07) is 9.23. The van der Waals surface area contributed by atoms with Gasteiger partial charge in [-0.15, -0.1) is 11.8 Å². The summed E-state index contributed by atoms with van der Waals surface area (Å²) in [5.74, 6) is 1.06. The van der Waals surface area contributed by atoms with Crippen LogP contribution in [0.25, 0.3) is 11.3 Å². The predicted molar refractivity (Wildman–Crippen MR) is 118 cm³/mol. The monoisotopic (exact) mass is 463 g/mol. The van der Waals surface area contributed by atoms with Crippen molar-refractivity contribution in [3.63, 3.8) is 0 Å². The molecule has 0 unspecified atom stereocenters. The molecular formula is C22H19Cl2NO4S. The highest BCUT2D eigenvalue weighted by Gasteiger charge is 2.23. The smallest absolute Gasteiger partial charge is 0.341 e. The molecule has 1 aromatic heterocycles. The topological polar surface area (TPSA) is 72.6 Å². The number of thioether (sulfide) groups is 1. The van der Waals surface area contributed by atoms with Crippen LogP contribution in [0.3, 0.4) is 0 Å². The zero-order valence-corrected chi connectivity index (χ0v) is 18.5. The fourth-order valence-corrected chi connectivity index (χ4v) is 5.46. The number of fused-ring (bicyclic) bond motifs is 1. The maximum absolute atomic E-state index is 10.8. The number of carboxylic acid groups (broad SMARTS) is 1. The second kappa shape index (κ2) is 8.92. The van der Waals surface area contributed by atoms with Crippen molar-refractivity contribution in [2.24, 2.45) is 0 Å². The van der Waals surface area contributed by atoms with E-state index in [0.29, 0.717) is 32.8 Å². The number of carboxylic acids is 1. The van der Waals surface area contributed by atoms with Gasteiger partial charge in [-0.25, -0.2) is 4.79 Å². The largest absolute Gasteiger partial charge is 0.482 e. The molecule has 0 spiro atoms. The number of nitrogens with zero attached hydrogens (tertiary/aromatic N) is 1. The molecule has 0 radical (unpaired) electrons. The van der Waals surface area contributed by atoms with Crippen LogP contribution in [0, 0.1) is 6.92 Å². The average molecular weight is 464 g/mol. The van der Waals surface area contributed by atoms with E-state index in [-0.39, 0.29) is 6.61 Å². The highest BCUT2D eigenvalue weighted by atomic mass is 35.5. The first kappa shape index (κ1) is 21.1. The lowest BCUT2D eigenvalue weighted by Crippen LogP contribution is -2.10. The van der Waals surface area contributed by atoms with Crippen LogP contribution in [0.2, 0.25) is 10.0 Å². The number of aliphatic carboxylic acids is 1. The zero-order valence-electron chi connectivity index (χ0n) is 16.2. The van der Waals surface area contributed by atoms with Gasteiger partial charge in [-0.1, -0.05) is 34.4 Å². The molecule has 4 rings (SSSR count). The van der Waals surface area contributed by atoms with Crippen molar-refractivity contribution in [3.05, 3.63) is 62.8 Å². The van der Waals surface area contributed by atoms with Crippen molar-refractivity contribution in [1.82, 2.24) is 5.16 Å². The molecule has 8 heteroatoms. The van der Waals surface area contributed by atoms with Crippen LogP contribution in [0.5, 0.6) is 5.75 Å². The third-order valence-electron chi connectivity index (χ3n) is 5.11.